The van der Waals surface area contributed by atoms with Crippen molar-refractivity contribution in [3.05, 3.63) is 23.9 Å². The number of nitrogens with zero attached hydrogens (tertiary/aromatic N) is 3. The Labute approximate surface area is 151 Å². The number of halogens is 3. The molecule has 1 spiro atoms. The number of hydrogen-bond donors (Lipinski definition) is 0. The van der Waals surface area contributed by atoms with E-state index in [9.17, 15) is 18.0 Å². The van der Waals surface area contributed by atoms with Crippen molar-refractivity contribution in [3.63, 3.8) is 0 Å². The summed E-state index contributed by atoms with van der Waals surface area (Å²) < 4.78 is 44.0. The van der Waals surface area contributed by atoms with Gasteiger partial charge in [0.2, 0.25) is 0 Å². The second-order valence-electron chi connectivity index (χ2n) is 8.22. The molecule has 0 aliphatic carbocycles. The van der Waals surface area contributed by atoms with Crippen LogP contribution in [0.1, 0.15) is 39.2 Å². The first-order valence-electron chi connectivity index (χ1n) is 8.74. The van der Waals surface area contributed by atoms with Gasteiger partial charge in [-0.05, 0) is 45.7 Å². The molecule has 26 heavy (non-hydrogen) atoms. The molecular weight excluding hydrogens is 347 g/mol. The lowest BCUT2D eigenvalue weighted by molar-refractivity contribution is -0.137. The molecule has 2 fully saturated rings. The van der Waals surface area contributed by atoms with E-state index in [0.29, 0.717) is 32.0 Å². The number of rotatable bonds is 1. The number of aromatic nitrogens is 1. The molecular formula is C18H24F3N3O2. The summed E-state index contributed by atoms with van der Waals surface area (Å²) in [4.78, 5) is 19.7. The average Bonchev–Trinajstić information content (AvgIpc) is 2.50. The van der Waals surface area contributed by atoms with Crippen LogP contribution in [0.3, 0.4) is 0 Å². The van der Waals surface area contributed by atoms with Crippen LogP contribution in [0.15, 0.2) is 18.3 Å². The van der Waals surface area contributed by atoms with Gasteiger partial charge in [-0.1, -0.05) is 0 Å². The first-order chi connectivity index (χ1) is 12.0. The highest BCUT2D eigenvalue weighted by molar-refractivity contribution is 5.69. The van der Waals surface area contributed by atoms with Gasteiger partial charge < -0.3 is 14.5 Å². The quantitative estimate of drug-likeness (QED) is 0.750. The Morgan fingerprint density at radius 3 is 2.35 bits per heavy atom. The monoisotopic (exact) mass is 371 g/mol. The van der Waals surface area contributed by atoms with Gasteiger partial charge in [-0.3, -0.25) is 0 Å². The van der Waals surface area contributed by atoms with Crippen molar-refractivity contribution in [2.45, 2.75) is 45.4 Å². The van der Waals surface area contributed by atoms with E-state index in [1.54, 1.807) is 4.90 Å². The van der Waals surface area contributed by atoms with Crippen LogP contribution >= 0.6 is 0 Å². The SMILES string of the molecule is CC(C)(C)OC(=O)N1CC2(CCN(c3cc(C(F)(F)F)ccn3)CC2)C1. The first-order valence-corrected chi connectivity index (χ1v) is 8.74. The first kappa shape index (κ1) is 18.8. The number of likely N-dealkylation sites (tertiary alicyclic amines) is 1. The molecule has 5 nitrogen and oxygen atoms in total. The molecule has 0 radical (unpaired) electrons. The number of piperidine rings is 1. The average molecular weight is 371 g/mol. The van der Waals surface area contributed by atoms with Crippen molar-refractivity contribution in [1.82, 2.24) is 9.88 Å². The number of hydrogen-bond acceptors (Lipinski definition) is 4. The lowest BCUT2D eigenvalue weighted by atomic mass is 9.72. The van der Waals surface area contributed by atoms with Gasteiger partial charge in [0.05, 0.1) is 5.56 Å². The van der Waals surface area contributed by atoms with Crippen molar-refractivity contribution in [3.8, 4) is 0 Å². The fourth-order valence-electron chi connectivity index (χ4n) is 3.51. The van der Waals surface area contributed by atoms with Crippen LogP contribution in [0, 0.1) is 5.41 Å². The van der Waals surface area contributed by atoms with Crippen LogP contribution in [-0.2, 0) is 10.9 Å². The van der Waals surface area contributed by atoms with Crippen molar-refractivity contribution < 1.29 is 22.7 Å². The predicted molar refractivity (Wildman–Crippen MR) is 90.9 cm³/mol. The molecule has 1 amide bonds. The largest absolute Gasteiger partial charge is 0.444 e. The van der Waals surface area contributed by atoms with E-state index in [-0.39, 0.29) is 11.5 Å². The van der Waals surface area contributed by atoms with Crippen LogP contribution < -0.4 is 4.90 Å². The molecule has 3 rings (SSSR count). The summed E-state index contributed by atoms with van der Waals surface area (Å²) in [6.45, 7) is 8.06. The number of carbonyl (C=O) groups excluding carboxylic acids is 1. The summed E-state index contributed by atoms with van der Waals surface area (Å²) in [5.74, 6) is 0.359. The Morgan fingerprint density at radius 1 is 1.19 bits per heavy atom. The summed E-state index contributed by atoms with van der Waals surface area (Å²) in [6.07, 6.45) is -1.81. The Hall–Kier alpha value is -1.99. The number of amides is 1. The molecule has 2 saturated heterocycles. The van der Waals surface area contributed by atoms with Crippen LogP contribution in [-0.4, -0.2) is 47.8 Å². The number of ether oxygens (including phenoxy) is 1. The van der Waals surface area contributed by atoms with E-state index in [1.165, 1.54) is 6.20 Å². The Morgan fingerprint density at radius 2 is 1.81 bits per heavy atom. The highest BCUT2D eigenvalue weighted by Gasteiger charge is 2.48. The summed E-state index contributed by atoms with van der Waals surface area (Å²) in [5.41, 5.74) is -1.14. The van der Waals surface area contributed by atoms with E-state index in [2.05, 4.69) is 4.98 Å². The molecule has 0 aromatic carbocycles. The molecule has 0 unspecified atom stereocenters. The highest BCUT2D eigenvalue weighted by atomic mass is 19.4. The smallest absolute Gasteiger partial charge is 0.416 e. The van der Waals surface area contributed by atoms with E-state index in [1.807, 2.05) is 25.7 Å². The fraction of sp³-hybridized carbons (Fsp3) is 0.667. The Balaban J connectivity index is 1.55. The van der Waals surface area contributed by atoms with E-state index in [4.69, 9.17) is 4.74 Å². The Kier molecular flexibility index (Phi) is 4.56. The molecule has 144 valence electrons. The van der Waals surface area contributed by atoms with Crippen LogP contribution in [0.5, 0.6) is 0 Å². The number of alkyl halides is 3. The molecule has 8 heteroatoms. The zero-order valence-corrected chi connectivity index (χ0v) is 15.3. The van der Waals surface area contributed by atoms with Gasteiger partial charge in [0, 0.05) is 37.8 Å². The topological polar surface area (TPSA) is 45.7 Å². The predicted octanol–water partition coefficient (Wildman–Crippen LogP) is 3.94. The lowest BCUT2D eigenvalue weighted by Gasteiger charge is -2.53. The van der Waals surface area contributed by atoms with Crippen molar-refractivity contribution in [2.24, 2.45) is 5.41 Å². The van der Waals surface area contributed by atoms with Gasteiger partial charge in [0.25, 0.3) is 0 Å². The molecule has 2 aliphatic rings. The summed E-state index contributed by atoms with van der Waals surface area (Å²) in [5, 5.41) is 0. The zero-order chi connectivity index (χ0) is 19.2. The van der Waals surface area contributed by atoms with Crippen LogP contribution in [0.4, 0.5) is 23.8 Å². The standard InChI is InChI=1S/C18H24F3N3O2/c1-16(2,3)26-15(25)24-11-17(12-24)5-8-23(9-6-17)14-10-13(4-7-22-14)18(19,20)21/h4,7,10H,5-6,8-9,11-12H2,1-3H3. The van der Waals surface area contributed by atoms with Crippen LogP contribution in [0.25, 0.3) is 0 Å². The Bertz CT molecular complexity index is 669. The third kappa shape index (κ3) is 4.04. The second kappa shape index (κ2) is 6.32. The number of pyridine rings is 1. The summed E-state index contributed by atoms with van der Waals surface area (Å²) in [6, 6.07) is 2.09. The highest BCUT2D eigenvalue weighted by Crippen LogP contribution is 2.42. The van der Waals surface area contributed by atoms with E-state index >= 15 is 0 Å². The minimum atomic E-state index is -4.36. The third-order valence-electron chi connectivity index (χ3n) is 4.93. The minimum Gasteiger partial charge on any atom is -0.444 e. The minimum absolute atomic E-state index is 0.0506. The number of anilines is 1. The second-order valence-corrected chi connectivity index (χ2v) is 8.22. The van der Waals surface area contributed by atoms with Gasteiger partial charge >= 0.3 is 12.3 Å². The lowest BCUT2D eigenvalue weighted by Crippen LogP contribution is -2.62. The maximum Gasteiger partial charge on any atom is 0.416 e. The number of carbonyl (C=O) groups is 1. The third-order valence-corrected chi connectivity index (χ3v) is 4.93. The van der Waals surface area contributed by atoms with Crippen molar-refractivity contribution in [1.29, 1.82) is 0 Å². The maximum atomic E-state index is 12.9. The molecule has 3 heterocycles. The molecule has 0 bridgehead atoms. The van der Waals surface area contributed by atoms with Crippen molar-refractivity contribution >= 4 is 11.9 Å². The molecule has 0 atom stereocenters. The van der Waals surface area contributed by atoms with Gasteiger partial charge in [-0.2, -0.15) is 13.2 Å². The molecule has 0 N–H and O–H groups in total. The van der Waals surface area contributed by atoms with E-state index in [0.717, 1.165) is 25.0 Å². The molecule has 1 aromatic rings. The molecule has 0 saturated carbocycles. The van der Waals surface area contributed by atoms with Crippen LogP contribution in [0.2, 0.25) is 0 Å². The van der Waals surface area contributed by atoms with Gasteiger partial charge in [0.1, 0.15) is 11.4 Å². The maximum absolute atomic E-state index is 12.9. The summed E-state index contributed by atoms with van der Waals surface area (Å²) >= 11 is 0. The zero-order valence-electron chi connectivity index (χ0n) is 15.3. The molecule has 1 aromatic heterocycles. The normalized spacial score (nSPS) is 20.1. The van der Waals surface area contributed by atoms with Gasteiger partial charge in [-0.15, -0.1) is 0 Å². The van der Waals surface area contributed by atoms with Crippen molar-refractivity contribution in [2.75, 3.05) is 31.1 Å². The van der Waals surface area contributed by atoms with E-state index < -0.39 is 17.3 Å². The summed E-state index contributed by atoms with van der Waals surface area (Å²) in [7, 11) is 0. The van der Waals surface area contributed by atoms with Gasteiger partial charge in [0.15, 0.2) is 0 Å². The molecule has 2 aliphatic heterocycles. The fourth-order valence-corrected chi connectivity index (χ4v) is 3.51. The van der Waals surface area contributed by atoms with Gasteiger partial charge in [-0.25, -0.2) is 9.78 Å².